The van der Waals surface area contributed by atoms with Crippen molar-refractivity contribution in [2.24, 2.45) is 11.3 Å². The number of methoxy groups -OCH3 is 2. The molecule has 4 rings (SSSR count). The Morgan fingerprint density at radius 1 is 0.917 bits per heavy atom. The number of nitriles is 2. The number of aryl methyl sites for hydroxylation is 1. The van der Waals surface area contributed by atoms with E-state index in [1.54, 1.807) is 36.4 Å². The minimum Gasteiger partial charge on any atom is -0.511 e. The van der Waals surface area contributed by atoms with Crippen LogP contribution in [0.3, 0.4) is 0 Å². The molecule has 1 N–H and O–H groups in total. The highest BCUT2D eigenvalue weighted by Gasteiger charge is 2.61. The molecule has 0 saturated carbocycles. The van der Waals surface area contributed by atoms with E-state index in [4.69, 9.17) is 9.47 Å². The Balaban J connectivity index is 2.18. The summed E-state index contributed by atoms with van der Waals surface area (Å²) >= 11 is 0. The van der Waals surface area contributed by atoms with Crippen LogP contribution in [0.15, 0.2) is 78.1 Å². The van der Waals surface area contributed by atoms with Crippen molar-refractivity contribution >= 4 is 22.7 Å². The number of hydrogen-bond acceptors (Lipinski definition) is 7. The van der Waals surface area contributed by atoms with Gasteiger partial charge in [-0.05, 0) is 28.8 Å². The van der Waals surface area contributed by atoms with Gasteiger partial charge in [-0.1, -0.05) is 72.3 Å². The van der Waals surface area contributed by atoms with E-state index < -0.39 is 40.9 Å². The van der Waals surface area contributed by atoms with E-state index in [1.165, 1.54) is 0 Å². The maximum atomic E-state index is 13.2. The molecule has 0 spiro atoms. The number of esters is 2. The molecule has 0 aromatic heterocycles. The molecule has 180 valence electrons. The predicted octanol–water partition coefficient (Wildman–Crippen LogP) is 4.84. The van der Waals surface area contributed by atoms with Crippen molar-refractivity contribution in [2.45, 2.75) is 18.8 Å². The molecule has 3 aromatic carbocycles. The molecule has 0 bridgehead atoms. The van der Waals surface area contributed by atoms with Gasteiger partial charge >= 0.3 is 11.9 Å². The van der Waals surface area contributed by atoms with E-state index >= 15 is 0 Å². The lowest BCUT2D eigenvalue weighted by molar-refractivity contribution is -0.147. The summed E-state index contributed by atoms with van der Waals surface area (Å²) in [5.41, 5.74) is -0.378. The first-order chi connectivity index (χ1) is 17.3. The highest BCUT2D eigenvalue weighted by molar-refractivity contribution is 5.96. The normalized spacial score (nSPS) is 20.8. The number of ether oxygens (including phenoxy) is 2. The lowest BCUT2D eigenvalue weighted by Gasteiger charge is -2.44. The van der Waals surface area contributed by atoms with Crippen LogP contribution in [0.1, 0.15) is 28.5 Å². The maximum Gasteiger partial charge on any atom is 0.337 e. The minimum absolute atomic E-state index is 0.310. The van der Waals surface area contributed by atoms with E-state index in [9.17, 15) is 25.2 Å². The highest BCUT2D eigenvalue weighted by Crippen LogP contribution is 2.59. The van der Waals surface area contributed by atoms with Gasteiger partial charge in [0.1, 0.15) is 11.7 Å². The number of carbonyl (C=O) groups is 2. The van der Waals surface area contributed by atoms with Gasteiger partial charge in [0.15, 0.2) is 5.41 Å². The fourth-order valence-electron chi connectivity index (χ4n) is 5.28. The standard InChI is InChI=1S/C29H24N2O5/c1-17-11-13-19(14-12-17)24-22(27(33)35-2)26(32)23(28(34)36-3)25(29(24,15-30)16-31)21-10-6-8-18-7-4-5-9-20(18)21/h4-14,22,24-25,32H,1-3H3/t22-,24+,25+/m0/s1. The summed E-state index contributed by atoms with van der Waals surface area (Å²) in [5, 5.41) is 34.4. The van der Waals surface area contributed by atoms with Gasteiger partial charge in [0.2, 0.25) is 0 Å². The third-order valence-electron chi connectivity index (χ3n) is 6.94. The summed E-state index contributed by atoms with van der Waals surface area (Å²) in [4.78, 5) is 26.2. The quantitative estimate of drug-likeness (QED) is 0.531. The molecule has 0 radical (unpaired) electrons. The van der Waals surface area contributed by atoms with Gasteiger partial charge in [-0.3, -0.25) is 4.79 Å². The van der Waals surface area contributed by atoms with Crippen molar-refractivity contribution in [1.29, 1.82) is 10.5 Å². The first-order valence-electron chi connectivity index (χ1n) is 11.3. The highest BCUT2D eigenvalue weighted by atomic mass is 16.5. The smallest absolute Gasteiger partial charge is 0.337 e. The van der Waals surface area contributed by atoms with Crippen LogP contribution < -0.4 is 0 Å². The molecule has 0 saturated heterocycles. The number of fused-ring (bicyclic) bond motifs is 1. The zero-order chi connectivity index (χ0) is 26.0. The second-order valence-electron chi connectivity index (χ2n) is 8.77. The van der Waals surface area contributed by atoms with Gasteiger partial charge < -0.3 is 14.6 Å². The molecule has 7 heteroatoms. The Kier molecular flexibility index (Phi) is 6.51. The monoisotopic (exact) mass is 480 g/mol. The molecule has 7 nitrogen and oxygen atoms in total. The number of hydrogen-bond donors (Lipinski definition) is 1. The van der Waals surface area contributed by atoms with Crippen molar-refractivity contribution in [1.82, 2.24) is 0 Å². The molecule has 3 atom stereocenters. The van der Waals surface area contributed by atoms with Crippen LogP contribution in [-0.4, -0.2) is 31.3 Å². The molecule has 0 aliphatic heterocycles. The van der Waals surface area contributed by atoms with E-state index in [0.717, 1.165) is 25.2 Å². The summed E-state index contributed by atoms with van der Waals surface area (Å²) in [6.45, 7) is 1.88. The lowest BCUT2D eigenvalue weighted by atomic mass is 9.53. The van der Waals surface area contributed by atoms with Crippen molar-refractivity contribution in [3.05, 3.63) is 94.8 Å². The Bertz CT molecular complexity index is 1440. The number of rotatable bonds is 4. The van der Waals surface area contributed by atoms with Crippen molar-refractivity contribution in [3.63, 3.8) is 0 Å². The number of aliphatic hydroxyl groups is 1. The summed E-state index contributed by atoms with van der Waals surface area (Å²) in [7, 11) is 2.29. The van der Waals surface area contributed by atoms with E-state index in [2.05, 4.69) is 12.1 Å². The fraction of sp³-hybridized carbons (Fsp3) is 0.241. The van der Waals surface area contributed by atoms with E-state index in [-0.39, 0.29) is 5.57 Å². The van der Waals surface area contributed by atoms with Crippen LogP contribution >= 0.6 is 0 Å². The summed E-state index contributed by atoms with van der Waals surface area (Å²) < 4.78 is 9.98. The van der Waals surface area contributed by atoms with Crippen molar-refractivity contribution in [2.75, 3.05) is 14.2 Å². The third-order valence-corrected chi connectivity index (χ3v) is 6.94. The molecule has 0 heterocycles. The molecule has 1 aliphatic rings. The fourth-order valence-corrected chi connectivity index (χ4v) is 5.28. The lowest BCUT2D eigenvalue weighted by Crippen LogP contribution is -2.47. The van der Waals surface area contributed by atoms with Crippen LogP contribution in [0.4, 0.5) is 0 Å². The average Bonchev–Trinajstić information content (AvgIpc) is 2.92. The van der Waals surface area contributed by atoms with Crippen LogP contribution in [0.2, 0.25) is 0 Å². The molecule has 0 fully saturated rings. The van der Waals surface area contributed by atoms with Gasteiger partial charge in [-0.15, -0.1) is 0 Å². The molecule has 0 unspecified atom stereocenters. The first kappa shape index (κ1) is 24.5. The van der Waals surface area contributed by atoms with E-state index in [0.29, 0.717) is 16.5 Å². The maximum absolute atomic E-state index is 13.2. The summed E-state index contributed by atoms with van der Waals surface area (Å²) in [5.74, 6) is -6.21. The summed E-state index contributed by atoms with van der Waals surface area (Å²) in [6.07, 6.45) is 0. The van der Waals surface area contributed by atoms with E-state index in [1.807, 2.05) is 37.3 Å². The second kappa shape index (κ2) is 9.56. The van der Waals surface area contributed by atoms with Gasteiger partial charge in [-0.2, -0.15) is 10.5 Å². The number of aliphatic hydroxyl groups excluding tert-OH is 1. The Hall–Kier alpha value is -4.62. The van der Waals surface area contributed by atoms with Crippen LogP contribution in [0.5, 0.6) is 0 Å². The number of nitrogens with zero attached hydrogens (tertiary/aromatic N) is 2. The molecule has 0 amide bonds. The number of benzene rings is 3. The Morgan fingerprint density at radius 2 is 1.56 bits per heavy atom. The molecule has 3 aromatic rings. The van der Waals surface area contributed by atoms with Crippen LogP contribution in [0, 0.1) is 40.9 Å². The summed E-state index contributed by atoms with van der Waals surface area (Å²) in [6, 6.07) is 24.1. The largest absolute Gasteiger partial charge is 0.511 e. The zero-order valence-corrected chi connectivity index (χ0v) is 20.1. The molecular formula is C29H24N2O5. The average molecular weight is 481 g/mol. The topological polar surface area (TPSA) is 120 Å². The van der Waals surface area contributed by atoms with Crippen LogP contribution in [0.25, 0.3) is 10.8 Å². The minimum atomic E-state index is -1.98. The molecule has 36 heavy (non-hydrogen) atoms. The Labute approximate surface area is 208 Å². The third kappa shape index (κ3) is 3.66. The van der Waals surface area contributed by atoms with Gasteiger partial charge in [-0.25, -0.2) is 4.79 Å². The molecule has 1 aliphatic carbocycles. The Morgan fingerprint density at radius 3 is 2.17 bits per heavy atom. The van der Waals surface area contributed by atoms with Crippen LogP contribution in [-0.2, 0) is 19.1 Å². The second-order valence-corrected chi connectivity index (χ2v) is 8.77. The SMILES string of the molecule is COC(=O)C1=C(O)[C@@H](C(=O)OC)[C@@H](c2ccc(C)cc2)C(C#N)(C#N)[C@@H]1c1cccc2ccccc12. The number of carbonyl (C=O) groups excluding carboxylic acids is 2. The predicted molar refractivity (Wildman–Crippen MR) is 131 cm³/mol. The van der Waals surface area contributed by atoms with Crippen molar-refractivity contribution in [3.8, 4) is 12.1 Å². The van der Waals surface area contributed by atoms with Gasteiger partial charge in [0.25, 0.3) is 0 Å². The van der Waals surface area contributed by atoms with Gasteiger partial charge in [0, 0.05) is 5.92 Å². The zero-order valence-electron chi connectivity index (χ0n) is 20.1. The van der Waals surface area contributed by atoms with Crippen molar-refractivity contribution < 1.29 is 24.2 Å². The van der Waals surface area contributed by atoms with Gasteiger partial charge in [0.05, 0.1) is 37.8 Å². The molecular weight excluding hydrogens is 456 g/mol. The first-order valence-corrected chi connectivity index (χ1v) is 11.3.